The highest BCUT2D eigenvalue weighted by Crippen LogP contribution is 2.43. The molecule has 0 atom stereocenters. The molecule has 3 heteroatoms. The largest absolute Gasteiger partial charge is 0.456 e. The highest BCUT2D eigenvalue weighted by atomic mass is 16.3. The van der Waals surface area contributed by atoms with Crippen LogP contribution in [-0.2, 0) is 0 Å². The van der Waals surface area contributed by atoms with Gasteiger partial charge in [-0.05, 0) is 117 Å². The predicted molar refractivity (Wildman–Crippen MR) is 249 cm³/mol. The van der Waals surface area contributed by atoms with Crippen molar-refractivity contribution in [2.45, 2.75) is 0 Å². The van der Waals surface area contributed by atoms with Crippen molar-refractivity contribution in [3.63, 3.8) is 0 Å². The molecule has 276 valence electrons. The maximum atomic E-state index is 6.26. The maximum Gasteiger partial charge on any atom is 0.136 e. The number of benzene rings is 10. The third-order valence-corrected chi connectivity index (χ3v) is 12.0. The molecule has 0 radical (unpaired) electrons. The van der Waals surface area contributed by atoms with E-state index in [0.29, 0.717) is 0 Å². The number of hydrogen-bond donors (Lipinski definition) is 0. The molecular weight excluding hydrogens is 717 g/mol. The van der Waals surface area contributed by atoms with Crippen molar-refractivity contribution in [1.29, 1.82) is 0 Å². The van der Waals surface area contributed by atoms with Crippen LogP contribution in [-0.4, -0.2) is 4.57 Å². The molecule has 0 aliphatic heterocycles. The molecule has 0 saturated heterocycles. The molecule has 0 aliphatic carbocycles. The smallest absolute Gasteiger partial charge is 0.136 e. The average molecular weight is 753 g/mol. The van der Waals surface area contributed by atoms with E-state index in [1.54, 1.807) is 0 Å². The van der Waals surface area contributed by atoms with Gasteiger partial charge in [0.2, 0.25) is 0 Å². The zero-order chi connectivity index (χ0) is 38.9. The van der Waals surface area contributed by atoms with Gasteiger partial charge in [0.1, 0.15) is 11.2 Å². The quantitative estimate of drug-likeness (QED) is 0.158. The van der Waals surface area contributed by atoms with E-state index in [4.69, 9.17) is 4.42 Å². The van der Waals surface area contributed by atoms with Crippen molar-refractivity contribution in [1.82, 2.24) is 4.57 Å². The van der Waals surface area contributed by atoms with Crippen molar-refractivity contribution in [3.05, 3.63) is 218 Å². The summed E-state index contributed by atoms with van der Waals surface area (Å²) >= 11 is 0. The second kappa shape index (κ2) is 13.4. The minimum Gasteiger partial charge on any atom is -0.456 e. The van der Waals surface area contributed by atoms with E-state index < -0.39 is 0 Å². The Bertz CT molecular complexity index is 3540. The second-order valence-electron chi connectivity index (χ2n) is 15.3. The summed E-state index contributed by atoms with van der Waals surface area (Å²) in [7, 11) is 0. The molecule has 12 rings (SSSR count). The lowest BCUT2D eigenvalue weighted by molar-refractivity contribution is 0.669. The lowest BCUT2D eigenvalue weighted by Crippen LogP contribution is -2.10. The van der Waals surface area contributed by atoms with Crippen molar-refractivity contribution in [2.75, 3.05) is 4.90 Å². The fraction of sp³-hybridized carbons (Fsp3) is 0. The number of furan rings is 1. The summed E-state index contributed by atoms with van der Waals surface area (Å²) in [5.74, 6) is 0. The number of rotatable bonds is 6. The summed E-state index contributed by atoms with van der Waals surface area (Å²) in [6.07, 6.45) is 0. The van der Waals surface area contributed by atoms with Gasteiger partial charge in [0, 0.05) is 44.3 Å². The monoisotopic (exact) mass is 752 g/mol. The van der Waals surface area contributed by atoms with E-state index in [-0.39, 0.29) is 0 Å². The molecule has 0 unspecified atom stereocenters. The lowest BCUT2D eigenvalue weighted by atomic mass is 9.98. The van der Waals surface area contributed by atoms with Crippen LogP contribution in [0.3, 0.4) is 0 Å². The Balaban J connectivity index is 1.01. The van der Waals surface area contributed by atoms with Crippen LogP contribution in [0.25, 0.3) is 93.2 Å². The van der Waals surface area contributed by atoms with Gasteiger partial charge in [-0.25, -0.2) is 0 Å². The van der Waals surface area contributed by atoms with Crippen LogP contribution in [0, 0.1) is 0 Å². The lowest BCUT2D eigenvalue weighted by Gasteiger charge is -2.26. The first kappa shape index (κ1) is 33.3. The van der Waals surface area contributed by atoms with Crippen LogP contribution in [0.1, 0.15) is 0 Å². The Labute approximate surface area is 341 Å². The fourth-order valence-corrected chi connectivity index (χ4v) is 9.29. The minimum atomic E-state index is 0.901. The van der Waals surface area contributed by atoms with Crippen molar-refractivity contribution in [3.8, 4) is 27.9 Å². The summed E-state index contributed by atoms with van der Waals surface area (Å²) in [4.78, 5) is 2.38. The number of hydrogen-bond acceptors (Lipinski definition) is 2. The molecular formula is C56H36N2O. The van der Waals surface area contributed by atoms with Gasteiger partial charge in [0.15, 0.2) is 0 Å². The second-order valence-corrected chi connectivity index (χ2v) is 15.3. The maximum absolute atomic E-state index is 6.26. The van der Waals surface area contributed by atoms with Crippen molar-refractivity contribution < 1.29 is 4.42 Å². The van der Waals surface area contributed by atoms with Crippen LogP contribution in [0.15, 0.2) is 223 Å². The molecule has 0 N–H and O–H groups in total. The van der Waals surface area contributed by atoms with Crippen LogP contribution < -0.4 is 4.90 Å². The standard InChI is InChI=1S/C56H36N2O/c1-2-13-41(14-3-1)58-51-20-8-6-16-48(51)55-46(18-10-21-52(55)58)38-26-31-42(32-27-38)57(44-35-30-40-25-24-37-12-4-5-15-45(37)50(40)36-44)43-33-28-39(29-34-43)47-19-11-23-54-56(47)49-17-7-9-22-53(49)59-54/h1-36H. The van der Waals surface area contributed by atoms with E-state index in [0.717, 1.165) is 55.8 Å². The first-order valence-electron chi connectivity index (χ1n) is 20.2. The number of para-hydroxylation sites is 3. The molecule has 2 aromatic heterocycles. The fourth-order valence-electron chi connectivity index (χ4n) is 9.29. The van der Waals surface area contributed by atoms with Gasteiger partial charge in [0.25, 0.3) is 0 Å². The summed E-state index contributed by atoms with van der Waals surface area (Å²) in [6, 6.07) is 78.8. The first-order valence-corrected chi connectivity index (χ1v) is 20.2. The number of fused-ring (bicyclic) bond motifs is 9. The van der Waals surface area contributed by atoms with Crippen LogP contribution in [0.5, 0.6) is 0 Å². The Kier molecular flexibility index (Phi) is 7.54. The highest BCUT2D eigenvalue weighted by molar-refractivity contribution is 6.16. The van der Waals surface area contributed by atoms with Crippen molar-refractivity contribution in [2.24, 2.45) is 0 Å². The first-order chi connectivity index (χ1) is 29.3. The SMILES string of the molecule is c1ccc(-n2c3ccccc3c3c(-c4ccc(N(c5ccc(-c6cccc7oc8ccccc8c67)cc5)c5ccc6ccc7ccccc7c6c5)cc4)cccc32)cc1. The van der Waals surface area contributed by atoms with Gasteiger partial charge < -0.3 is 13.9 Å². The number of nitrogens with zero attached hydrogens (tertiary/aromatic N) is 2. The molecule has 12 aromatic rings. The molecule has 3 nitrogen and oxygen atoms in total. The summed E-state index contributed by atoms with van der Waals surface area (Å²) in [5.41, 5.74) is 13.3. The van der Waals surface area contributed by atoms with Gasteiger partial charge in [0.05, 0.1) is 11.0 Å². The van der Waals surface area contributed by atoms with Gasteiger partial charge >= 0.3 is 0 Å². The molecule has 0 fully saturated rings. The number of aromatic nitrogens is 1. The molecule has 0 bridgehead atoms. The molecule has 0 amide bonds. The highest BCUT2D eigenvalue weighted by Gasteiger charge is 2.19. The summed E-state index contributed by atoms with van der Waals surface area (Å²) in [5, 5.41) is 9.73. The van der Waals surface area contributed by atoms with Gasteiger partial charge in [-0.2, -0.15) is 0 Å². The molecule has 0 saturated carbocycles. The normalized spacial score (nSPS) is 11.7. The molecule has 10 aromatic carbocycles. The van der Waals surface area contributed by atoms with Gasteiger partial charge in [-0.1, -0.05) is 146 Å². The van der Waals surface area contributed by atoms with Crippen LogP contribution in [0.4, 0.5) is 17.1 Å². The van der Waals surface area contributed by atoms with Gasteiger partial charge in [-0.15, -0.1) is 0 Å². The average Bonchev–Trinajstić information content (AvgIpc) is 3.86. The van der Waals surface area contributed by atoms with E-state index in [1.807, 2.05) is 12.1 Å². The molecule has 0 spiro atoms. The van der Waals surface area contributed by atoms with Crippen LogP contribution >= 0.6 is 0 Å². The zero-order valence-electron chi connectivity index (χ0n) is 32.1. The third-order valence-electron chi connectivity index (χ3n) is 12.0. The molecule has 0 aliphatic rings. The zero-order valence-corrected chi connectivity index (χ0v) is 32.1. The van der Waals surface area contributed by atoms with E-state index in [2.05, 4.69) is 216 Å². The topological polar surface area (TPSA) is 21.3 Å². The Morgan fingerprint density at radius 2 is 0.881 bits per heavy atom. The number of anilines is 3. The Morgan fingerprint density at radius 1 is 0.339 bits per heavy atom. The van der Waals surface area contributed by atoms with E-state index in [9.17, 15) is 0 Å². The van der Waals surface area contributed by atoms with Crippen LogP contribution in [0.2, 0.25) is 0 Å². The Hall–Kier alpha value is -7.88. The van der Waals surface area contributed by atoms with Crippen molar-refractivity contribution >= 4 is 82.4 Å². The third kappa shape index (κ3) is 5.36. The predicted octanol–water partition coefficient (Wildman–Crippen LogP) is 15.8. The Morgan fingerprint density at radius 3 is 1.64 bits per heavy atom. The molecule has 59 heavy (non-hydrogen) atoms. The summed E-state index contributed by atoms with van der Waals surface area (Å²) < 4.78 is 8.64. The van der Waals surface area contributed by atoms with E-state index >= 15 is 0 Å². The molecule has 2 heterocycles. The van der Waals surface area contributed by atoms with Gasteiger partial charge in [-0.3, -0.25) is 0 Å². The van der Waals surface area contributed by atoms with E-state index in [1.165, 1.54) is 54.5 Å². The summed E-state index contributed by atoms with van der Waals surface area (Å²) in [6.45, 7) is 0. The minimum absolute atomic E-state index is 0.901.